The van der Waals surface area contributed by atoms with Crippen molar-refractivity contribution >= 4 is 6.09 Å². The Labute approximate surface area is 62.2 Å². The minimum Gasteiger partial charge on any atom is -0.450 e. The SMILES string of the molecule is NC(=O)OCCCO[N+](=O)[O-]. The van der Waals surface area contributed by atoms with Gasteiger partial charge in [0.15, 0.2) is 0 Å². The lowest BCUT2D eigenvalue weighted by molar-refractivity contribution is -0.757. The van der Waals surface area contributed by atoms with E-state index in [1.54, 1.807) is 0 Å². The lowest BCUT2D eigenvalue weighted by Gasteiger charge is -1.99. The molecule has 0 aromatic rings. The van der Waals surface area contributed by atoms with Crippen molar-refractivity contribution in [2.45, 2.75) is 6.42 Å². The van der Waals surface area contributed by atoms with Crippen LogP contribution >= 0.6 is 0 Å². The molecule has 0 aromatic heterocycles. The Morgan fingerprint density at radius 2 is 2.18 bits per heavy atom. The molecule has 0 atom stereocenters. The molecule has 0 radical (unpaired) electrons. The molecule has 7 nitrogen and oxygen atoms in total. The number of hydrogen-bond donors (Lipinski definition) is 1. The van der Waals surface area contributed by atoms with Gasteiger partial charge in [-0.3, -0.25) is 0 Å². The molecule has 7 heteroatoms. The Kier molecular flexibility index (Phi) is 4.54. The van der Waals surface area contributed by atoms with Gasteiger partial charge in [0.1, 0.15) is 0 Å². The highest BCUT2D eigenvalue weighted by atomic mass is 16.9. The van der Waals surface area contributed by atoms with E-state index in [0.717, 1.165) is 0 Å². The monoisotopic (exact) mass is 164 g/mol. The van der Waals surface area contributed by atoms with Gasteiger partial charge in [-0.05, 0) is 0 Å². The maximum Gasteiger partial charge on any atom is 0.404 e. The first-order valence-electron chi connectivity index (χ1n) is 2.82. The Bertz CT molecular complexity index is 131. The Balaban J connectivity index is 3.03. The summed E-state index contributed by atoms with van der Waals surface area (Å²) in [6.45, 7) is -0.0660. The van der Waals surface area contributed by atoms with Crippen LogP contribution < -0.4 is 5.73 Å². The van der Waals surface area contributed by atoms with Gasteiger partial charge in [0.2, 0.25) is 0 Å². The maximum atomic E-state index is 9.92. The highest BCUT2D eigenvalue weighted by Crippen LogP contribution is 1.84. The Morgan fingerprint density at radius 3 is 2.64 bits per heavy atom. The summed E-state index contributed by atoms with van der Waals surface area (Å²) in [4.78, 5) is 23.4. The average molecular weight is 164 g/mol. The fourth-order valence-corrected chi connectivity index (χ4v) is 0.371. The predicted octanol–water partition coefficient (Wildman–Crippen LogP) is -0.320. The van der Waals surface area contributed by atoms with Crippen molar-refractivity contribution in [2.24, 2.45) is 5.73 Å². The second kappa shape index (κ2) is 5.27. The molecule has 64 valence electrons. The second-order valence-corrected chi connectivity index (χ2v) is 1.58. The molecule has 0 aliphatic heterocycles. The standard InChI is InChI=1S/C4H8N2O5/c5-4(7)10-2-1-3-11-6(8)9/h1-3H2,(H2,5,7). The minimum atomic E-state index is -0.912. The van der Waals surface area contributed by atoms with Gasteiger partial charge in [0, 0.05) is 6.42 Å². The van der Waals surface area contributed by atoms with Crippen molar-refractivity contribution < 1.29 is 19.5 Å². The molecule has 0 bridgehead atoms. The van der Waals surface area contributed by atoms with E-state index in [9.17, 15) is 14.9 Å². The number of ether oxygens (including phenoxy) is 1. The molecule has 1 amide bonds. The van der Waals surface area contributed by atoms with Crippen LogP contribution in [0.2, 0.25) is 0 Å². The molecular formula is C4H8N2O5. The van der Waals surface area contributed by atoms with Crippen LogP contribution in [0.3, 0.4) is 0 Å². The molecular weight excluding hydrogens is 156 g/mol. The first kappa shape index (κ1) is 9.47. The number of amides is 1. The maximum absolute atomic E-state index is 9.92. The molecule has 0 unspecified atom stereocenters. The van der Waals surface area contributed by atoms with E-state index in [0.29, 0.717) is 0 Å². The van der Waals surface area contributed by atoms with Gasteiger partial charge in [-0.15, -0.1) is 10.1 Å². The van der Waals surface area contributed by atoms with E-state index in [2.05, 4.69) is 15.3 Å². The predicted molar refractivity (Wildman–Crippen MR) is 33.1 cm³/mol. The van der Waals surface area contributed by atoms with Gasteiger partial charge in [0.25, 0.3) is 5.09 Å². The first-order valence-corrected chi connectivity index (χ1v) is 2.82. The summed E-state index contributed by atoms with van der Waals surface area (Å²) in [7, 11) is 0. The van der Waals surface area contributed by atoms with Crippen LogP contribution in [0.4, 0.5) is 4.79 Å². The largest absolute Gasteiger partial charge is 0.450 e. The van der Waals surface area contributed by atoms with Gasteiger partial charge in [0.05, 0.1) is 13.2 Å². The highest BCUT2D eigenvalue weighted by molar-refractivity contribution is 5.64. The number of nitrogens with two attached hydrogens (primary N) is 1. The van der Waals surface area contributed by atoms with E-state index >= 15 is 0 Å². The van der Waals surface area contributed by atoms with Crippen LogP contribution in [0.1, 0.15) is 6.42 Å². The second-order valence-electron chi connectivity index (χ2n) is 1.58. The van der Waals surface area contributed by atoms with Crippen LogP contribution in [0.15, 0.2) is 0 Å². The van der Waals surface area contributed by atoms with Gasteiger partial charge >= 0.3 is 6.09 Å². The normalized spacial score (nSPS) is 8.73. The van der Waals surface area contributed by atoms with Gasteiger partial charge < -0.3 is 15.3 Å². The lowest BCUT2D eigenvalue weighted by Crippen LogP contribution is -2.15. The average Bonchev–Trinajstić information content (AvgIpc) is 1.85. The fraction of sp³-hybridized carbons (Fsp3) is 0.750. The molecule has 11 heavy (non-hydrogen) atoms. The summed E-state index contributed by atoms with van der Waals surface area (Å²) >= 11 is 0. The van der Waals surface area contributed by atoms with Crippen LogP contribution in [0, 0.1) is 10.1 Å². The van der Waals surface area contributed by atoms with Crippen molar-refractivity contribution in [1.82, 2.24) is 0 Å². The molecule has 0 saturated heterocycles. The Morgan fingerprint density at radius 1 is 1.55 bits per heavy atom. The third-order valence-electron chi connectivity index (χ3n) is 0.730. The Hall–Kier alpha value is -1.53. The van der Waals surface area contributed by atoms with Crippen molar-refractivity contribution in [1.29, 1.82) is 0 Å². The number of primary amides is 1. The zero-order valence-electron chi connectivity index (χ0n) is 5.69. The van der Waals surface area contributed by atoms with Crippen LogP contribution in [0.5, 0.6) is 0 Å². The summed E-state index contributed by atoms with van der Waals surface area (Å²) in [5.41, 5.74) is 4.60. The summed E-state index contributed by atoms with van der Waals surface area (Å²) in [6, 6.07) is 0. The van der Waals surface area contributed by atoms with E-state index in [1.165, 1.54) is 0 Å². The number of rotatable bonds is 5. The summed E-state index contributed by atoms with van der Waals surface area (Å²) in [5.74, 6) is 0. The quantitative estimate of drug-likeness (QED) is 0.340. The van der Waals surface area contributed by atoms with Gasteiger partial charge in [-0.25, -0.2) is 4.79 Å². The molecule has 0 aromatic carbocycles. The molecule has 0 fully saturated rings. The van der Waals surface area contributed by atoms with Gasteiger partial charge in [-0.1, -0.05) is 0 Å². The number of hydrogen-bond acceptors (Lipinski definition) is 5. The zero-order chi connectivity index (χ0) is 8.69. The van der Waals surface area contributed by atoms with E-state index in [-0.39, 0.29) is 19.6 Å². The van der Waals surface area contributed by atoms with Crippen molar-refractivity contribution in [2.75, 3.05) is 13.2 Å². The van der Waals surface area contributed by atoms with E-state index in [1.807, 2.05) is 0 Å². The summed E-state index contributed by atoms with van der Waals surface area (Å²) in [5, 5.41) is 8.63. The minimum absolute atomic E-state index is 0.0309. The number of carbonyl (C=O) groups is 1. The molecule has 0 rings (SSSR count). The molecule has 0 aliphatic carbocycles. The van der Waals surface area contributed by atoms with E-state index < -0.39 is 11.2 Å². The molecule has 0 heterocycles. The van der Waals surface area contributed by atoms with Gasteiger partial charge in [-0.2, -0.15) is 0 Å². The smallest absolute Gasteiger partial charge is 0.404 e. The third kappa shape index (κ3) is 8.47. The molecule has 2 N–H and O–H groups in total. The van der Waals surface area contributed by atoms with Crippen molar-refractivity contribution in [3.63, 3.8) is 0 Å². The third-order valence-corrected chi connectivity index (χ3v) is 0.730. The van der Waals surface area contributed by atoms with Crippen LogP contribution in [-0.2, 0) is 9.57 Å². The fourth-order valence-electron chi connectivity index (χ4n) is 0.371. The van der Waals surface area contributed by atoms with E-state index in [4.69, 9.17) is 0 Å². The van der Waals surface area contributed by atoms with Crippen LogP contribution in [0.25, 0.3) is 0 Å². The van der Waals surface area contributed by atoms with Crippen LogP contribution in [-0.4, -0.2) is 24.4 Å². The van der Waals surface area contributed by atoms with Crippen molar-refractivity contribution in [3.05, 3.63) is 10.1 Å². The first-order chi connectivity index (χ1) is 5.13. The number of nitrogens with zero attached hydrogens (tertiary/aromatic N) is 1. The molecule has 0 spiro atoms. The highest BCUT2D eigenvalue weighted by Gasteiger charge is 1.95. The molecule has 0 saturated carbocycles. The van der Waals surface area contributed by atoms with Crippen molar-refractivity contribution in [3.8, 4) is 0 Å². The lowest BCUT2D eigenvalue weighted by atomic mass is 10.5. The summed E-state index contributed by atoms with van der Waals surface area (Å²) < 4.78 is 4.26. The summed E-state index contributed by atoms with van der Waals surface area (Å²) in [6.07, 6.45) is -0.643. The molecule has 0 aliphatic rings. The number of carbonyl (C=O) groups excluding carboxylic acids is 1. The zero-order valence-corrected chi connectivity index (χ0v) is 5.69. The topological polar surface area (TPSA) is 105 Å².